The molecule has 0 saturated carbocycles. The molecule has 1 aromatic rings. The van der Waals surface area contributed by atoms with Crippen LogP contribution < -0.4 is 5.32 Å². The highest BCUT2D eigenvalue weighted by molar-refractivity contribution is 7.15. The van der Waals surface area contributed by atoms with E-state index in [0.29, 0.717) is 12.3 Å². The predicted molar refractivity (Wildman–Crippen MR) is 79.1 cm³/mol. The Morgan fingerprint density at radius 3 is 2.63 bits per heavy atom. The van der Waals surface area contributed by atoms with E-state index < -0.39 is 0 Å². The predicted octanol–water partition coefficient (Wildman–Crippen LogP) is 2.38. The second-order valence-electron chi connectivity index (χ2n) is 5.20. The monoisotopic (exact) mass is 285 g/mol. The van der Waals surface area contributed by atoms with Crippen LogP contribution in [0.15, 0.2) is 0 Å². The number of anilines is 1. The summed E-state index contributed by atoms with van der Waals surface area (Å²) in [5.74, 6) is -0.351. The minimum Gasteiger partial charge on any atom is -0.461 e. The summed E-state index contributed by atoms with van der Waals surface area (Å²) in [5.41, 5.74) is 0.431. The summed E-state index contributed by atoms with van der Waals surface area (Å²) in [6.07, 6.45) is 0. The summed E-state index contributed by atoms with van der Waals surface area (Å²) in [4.78, 5) is 19.0. The van der Waals surface area contributed by atoms with Crippen LogP contribution in [0.5, 0.6) is 0 Å². The fourth-order valence-electron chi connectivity index (χ4n) is 1.31. The van der Waals surface area contributed by atoms with Crippen LogP contribution in [0.2, 0.25) is 0 Å². The van der Waals surface area contributed by atoms with Crippen molar-refractivity contribution in [2.24, 2.45) is 0 Å². The first-order valence-corrected chi connectivity index (χ1v) is 7.15. The van der Waals surface area contributed by atoms with E-state index in [1.807, 2.05) is 21.0 Å². The molecule has 0 atom stereocenters. The summed E-state index contributed by atoms with van der Waals surface area (Å²) in [5, 5.41) is 4.04. The van der Waals surface area contributed by atoms with Gasteiger partial charge in [0.05, 0.1) is 6.61 Å². The number of esters is 1. The first-order chi connectivity index (χ1) is 8.77. The number of aryl methyl sites for hydroxylation is 1. The van der Waals surface area contributed by atoms with Crippen LogP contribution in [0.3, 0.4) is 0 Å². The lowest BCUT2D eigenvalue weighted by atomic mass is 10.1. The zero-order valence-corrected chi connectivity index (χ0v) is 13.3. The molecular formula is C13H23N3O2S. The molecular weight excluding hydrogens is 262 g/mol. The van der Waals surface area contributed by atoms with Gasteiger partial charge in [0, 0.05) is 17.0 Å². The largest absolute Gasteiger partial charge is 0.461 e. The molecule has 0 radical (unpaired) electrons. The third kappa shape index (κ3) is 4.18. The van der Waals surface area contributed by atoms with Crippen LogP contribution in [-0.2, 0) is 4.74 Å². The van der Waals surface area contributed by atoms with Gasteiger partial charge in [0.2, 0.25) is 0 Å². The maximum absolute atomic E-state index is 11.7. The first kappa shape index (κ1) is 15.9. The average molecular weight is 285 g/mol. The molecule has 0 amide bonds. The van der Waals surface area contributed by atoms with Gasteiger partial charge in [-0.2, -0.15) is 0 Å². The highest BCUT2D eigenvalue weighted by Crippen LogP contribution is 2.23. The molecule has 0 aliphatic rings. The highest BCUT2D eigenvalue weighted by atomic mass is 32.1. The molecule has 0 fully saturated rings. The second-order valence-corrected chi connectivity index (χ2v) is 6.41. The topological polar surface area (TPSA) is 54.5 Å². The van der Waals surface area contributed by atoms with Gasteiger partial charge in [0.25, 0.3) is 0 Å². The van der Waals surface area contributed by atoms with E-state index in [0.717, 1.165) is 16.6 Å². The molecule has 19 heavy (non-hydrogen) atoms. The fraction of sp³-hybridized carbons (Fsp3) is 0.692. The molecule has 0 spiro atoms. The van der Waals surface area contributed by atoms with Gasteiger partial charge < -0.3 is 15.0 Å². The quantitative estimate of drug-likeness (QED) is 0.813. The lowest BCUT2D eigenvalue weighted by Crippen LogP contribution is -2.44. The normalized spacial score (nSPS) is 11.7. The van der Waals surface area contributed by atoms with Crippen molar-refractivity contribution in [3.05, 3.63) is 10.6 Å². The van der Waals surface area contributed by atoms with Crippen LogP contribution in [0.4, 0.5) is 5.13 Å². The number of ether oxygens (including phenoxy) is 1. The number of hydrogen-bond acceptors (Lipinski definition) is 6. The number of rotatable bonds is 6. The van der Waals surface area contributed by atoms with Crippen molar-refractivity contribution in [1.29, 1.82) is 0 Å². The van der Waals surface area contributed by atoms with E-state index in [-0.39, 0.29) is 11.5 Å². The zero-order valence-electron chi connectivity index (χ0n) is 12.5. The minimum absolute atomic E-state index is 0.0175. The van der Waals surface area contributed by atoms with Gasteiger partial charge in [-0.25, -0.2) is 9.78 Å². The van der Waals surface area contributed by atoms with Crippen molar-refractivity contribution >= 4 is 22.4 Å². The lowest BCUT2D eigenvalue weighted by molar-refractivity contribution is 0.0519. The van der Waals surface area contributed by atoms with Crippen molar-refractivity contribution in [3.63, 3.8) is 0 Å². The number of hydrogen-bond donors (Lipinski definition) is 1. The Kier molecular flexibility index (Phi) is 5.31. The maximum atomic E-state index is 11.7. The molecule has 1 N–H and O–H groups in total. The molecule has 108 valence electrons. The van der Waals surface area contributed by atoms with Gasteiger partial charge in [-0.1, -0.05) is 0 Å². The van der Waals surface area contributed by atoms with Gasteiger partial charge in [0.15, 0.2) is 10.8 Å². The van der Waals surface area contributed by atoms with Crippen LogP contribution in [-0.4, -0.2) is 48.6 Å². The third-order valence-corrected chi connectivity index (χ3v) is 4.08. The van der Waals surface area contributed by atoms with Crippen molar-refractivity contribution in [1.82, 2.24) is 9.88 Å². The number of carbonyl (C=O) groups excluding carboxylic acids is 1. The molecule has 5 nitrogen and oxygen atoms in total. The second kappa shape index (κ2) is 6.34. The average Bonchev–Trinajstić information content (AvgIpc) is 2.68. The third-order valence-electron chi connectivity index (χ3n) is 3.15. The molecule has 0 bridgehead atoms. The molecule has 0 aliphatic carbocycles. The van der Waals surface area contributed by atoms with E-state index in [4.69, 9.17) is 4.74 Å². The van der Waals surface area contributed by atoms with E-state index in [1.54, 1.807) is 6.92 Å². The summed E-state index contributed by atoms with van der Waals surface area (Å²) >= 11 is 1.48. The van der Waals surface area contributed by atoms with E-state index in [1.165, 1.54) is 11.3 Å². The van der Waals surface area contributed by atoms with Crippen molar-refractivity contribution in [2.45, 2.75) is 33.2 Å². The Bertz CT molecular complexity index is 441. The van der Waals surface area contributed by atoms with Crippen LogP contribution in [0, 0.1) is 6.92 Å². The molecule has 1 aromatic heterocycles. The Labute approximate surface area is 119 Å². The number of carbonyl (C=O) groups is 1. The number of likely N-dealkylation sites (N-methyl/N-ethyl adjacent to an activating group) is 1. The van der Waals surface area contributed by atoms with E-state index in [2.05, 4.69) is 29.0 Å². The number of nitrogens with one attached hydrogen (secondary N) is 1. The molecule has 0 aromatic carbocycles. The molecule has 1 heterocycles. The first-order valence-electron chi connectivity index (χ1n) is 6.33. The van der Waals surface area contributed by atoms with Gasteiger partial charge >= 0.3 is 5.97 Å². The van der Waals surface area contributed by atoms with Crippen molar-refractivity contribution in [2.75, 3.05) is 32.6 Å². The van der Waals surface area contributed by atoms with Gasteiger partial charge in [-0.3, -0.25) is 0 Å². The highest BCUT2D eigenvalue weighted by Gasteiger charge is 2.22. The summed E-state index contributed by atoms with van der Waals surface area (Å²) < 4.78 is 4.97. The Morgan fingerprint density at radius 2 is 2.11 bits per heavy atom. The Morgan fingerprint density at radius 1 is 1.47 bits per heavy atom. The summed E-state index contributed by atoms with van der Waals surface area (Å²) in [7, 11) is 4.08. The van der Waals surface area contributed by atoms with Crippen molar-refractivity contribution in [3.8, 4) is 0 Å². The fourth-order valence-corrected chi connectivity index (χ4v) is 2.11. The number of aromatic nitrogens is 1. The lowest BCUT2D eigenvalue weighted by Gasteiger charge is -2.32. The molecule has 0 aliphatic heterocycles. The molecule has 0 unspecified atom stereocenters. The SMILES string of the molecule is CCOC(=O)c1nc(NCC(C)(C)N(C)C)sc1C. The molecule has 1 rings (SSSR count). The van der Waals surface area contributed by atoms with Gasteiger partial charge in [0.1, 0.15) is 0 Å². The van der Waals surface area contributed by atoms with E-state index in [9.17, 15) is 4.79 Å². The molecule has 0 saturated heterocycles. The van der Waals surface area contributed by atoms with E-state index >= 15 is 0 Å². The number of thiazole rings is 1. The summed E-state index contributed by atoms with van der Waals surface area (Å²) in [6.45, 7) is 9.09. The summed E-state index contributed by atoms with van der Waals surface area (Å²) in [6, 6.07) is 0. The van der Waals surface area contributed by atoms with Gasteiger partial charge in [-0.15, -0.1) is 11.3 Å². The Hall–Kier alpha value is -1.14. The smallest absolute Gasteiger partial charge is 0.358 e. The van der Waals surface area contributed by atoms with Crippen LogP contribution in [0.25, 0.3) is 0 Å². The molecule has 6 heteroatoms. The Balaban J connectivity index is 2.72. The van der Waals surface area contributed by atoms with Crippen LogP contribution in [0.1, 0.15) is 36.1 Å². The minimum atomic E-state index is -0.351. The standard InChI is InChI=1S/C13H23N3O2S/c1-7-18-11(17)10-9(2)19-12(15-10)14-8-13(3,4)16(5)6/h7-8H2,1-6H3,(H,14,15). The van der Waals surface area contributed by atoms with Crippen LogP contribution >= 0.6 is 11.3 Å². The van der Waals surface area contributed by atoms with Crippen molar-refractivity contribution < 1.29 is 9.53 Å². The maximum Gasteiger partial charge on any atom is 0.358 e. The zero-order chi connectivity index (χ0) is 14.6. The van der Waals surface area contributed by atoms with Gasteiger partial charge in [-0.05, 0) is 41.8 Å². The number of nitrogens with zero attached hydrogens (tertiary/aromatic N) is 2.